The molecule has 1 fully saturated rings. The second-order valence-corrected chi connectivity index (χ2v) is 22.8. The highest BCUT2D eigenvalue weighted by atomic mass is 16.5. The summed E-state index contributed by atoms with van der Waals surface area (Å²) < 4.78 is 5.21. The molecule has 1 aromatic carbocycles. The van der Waals surface area contributed by atoms with Crippen molar-refractivity contribution in [2.45, 2.75) is 210 Å². The van der Waals surface area contributed by atoms with E-state index in [1.165, 1.54) is 77.8 Å². The average Bonchev–Trinajstić information content (AvgIpc) is 1.94. The van der Waals surface area contributed by atoms with Gasteiger partial charge in [-0.15, -0.1) is 0 Å². The molecule has 1 unspecified atom stereocenters. The Hall–Kier alpha value is -7.84. The fourth-order valence-electron chi connectivity index (χ4n) is 9.22. The van der Waals surface area contributed by atoms with E-state index in [1.807, 2.05) is 0 Å². The number of benzene rings is 1. The Bertz CT molecular complexity index is 2560. The van der Waals surface area contributed by atoms with Crippen molar-refractivity contribution in [2.75, 3.05) is 39.5 Å². The minimum absolute atomic E-state index is 0.0836. The van der Waals surface area contributed by atoms with Gasteiger partial charge in [0.2, 0.25) is 53.2 Å². The smallest absolute Gasteiger partial charge is 0.307 e. The number of hydrogen-bond acceptors (Lipinski definition) is 20. The van der Waals surface area contributed by atoms with E-state index in [1.54, 1.807) is 0 Å². The summed E-state index contributed by atoms with van der Waals surface area (Å²) in [6.07, 6.45) is 7.81. The maximum Gasteiger partial charge on any atom is 0.307 e. The normalized spacial score (nSPS) is 19.3. The zero-order chi connectivity index (χ0) is 68.2. The van der Waals surface area contributed by atoms with Gasteiger partial charge in [-0.25, -0.2) is 0 Å². The largest absolute Gasteiger partial charge is 0.508 e. The van der Waals surface area contributed by atoms with E-state index in [2.05, 4.69) is 72.0 Å². The van der Waals surface area contributed by atoms with Crippen molar-refractivity contribution in [1.29, 1.82) is 0 Å². The van der Waals surface area contributed by atoms with Crippen LogP contribution in [0.4, 0.5) is 0 Å². The first-order chi connectivity index (χ1) is 43.1. The standard InChI is InChI=1S/C60H98N12O19/c1-7-8-9-10-11-12-13-14-15-16-17-18-19-20-40(61)51(81)60(90)71-48(37(6)75)58(88)72-49(50(80)38-21-23-39(76)24-22-38)59(89)69-43(33-74)56(86)68-41(26-29-73)54(84)64-32-45(78)67-42-27-30-91-46(79)25-28-62-52(82)35(4)65-44(77)31-63-53(83)36(5)66-57(87)47(34(2)3)70-55(42)85/h21-24,34-35,37,40-43,47-51,73-76,80-81H,5,7-20,25-33,61H2,1-4,6H3,(H,62,82)(H,63,83)(H,64,84)(H,65,77)(H,66,87)(H,67,78)(H,68,86)(H,69,89)(H,70,85)(H,71,90)(H,72,88)/t35?,37-,40+,41+,42-,43+,47+,48+,49+,50+,51+/m1/s1. The summed E-state index contributed by atoms with van der Waals surface area (Å²) in [4.78, 5) is 159. The molecule has 1 aliphatic rings. The van der Waals surface area contributed by atoms with Crippen LogP contribution in [-0.2, 0) is 62.3 Å². The SMILES string of the molecule is C=C1NC(=O)[C@H](C(C)C)NC(=O)[C@H](NC(=O)CNC(=O)[C@H](CCO)NC(=O)[C@H](CO)NC(=O)[C@@H](NC(=O)[C@@H](NC(=O)[C@@H](O)[C@@H](N)CCCCCCCCCCCCCCC)[C@@H](C)O)[C@@H](O)c2ccc(O)cc2)CCOC(=O)CCNC(=O)C(C)NC(=O)CNC1=O. The van der Waals surface area contributed by atoms with Gasteiger partial charge in [-0.3, -0.25) is 57.5 Å². The van der Waals surface area contributed by atoms with Gasteiger partial charge in [0, 0.05) is 25.6 Å². The second-order valence-electron chi connectivity index (χ2n) is 22.8. The molecule has 0 bridgehead atoms. The number of rotatable bonds is 34. The zero-order valence-electron chi connectivity index (χ0n) is 52.8. The molecule has 0 radical (unpaired) electrons. The predicted octanol–water partition coefficient (Wildman–Crippen LogP) is -3.26. The van der Waals surface area contributed by atoms with Gasteiger partial charge in [0.25, 0.3) is 11.8 Å². The van der Waals surface area contributed by atoms with Gasteiger partial charge in [-0.1, -0.05) is 123 Å². The molecule has 19 N–H and O–H groups in total. The van der Waals surface area contributed by atoms with Crippen LogP contribution in [0.15, 0.2) is 36.5 Å². The molecule has 31 nitrogen and oxygen atoms in total. The number of esters is 1. The van der Waals surface area contributed by atoms with Crippen LogP contribution in [0.2, 0.25) is 0 Å². The molecule has 1 saturated heterocycles. The van der Waals surface area contributed by atoms with Crippen molar-refractivity contribution >= 4 is 70.9 Å². The summed E-state index contributed by atoms with van der Waals surface area (Å²) in [6, 6.07) is -8.14. The molecule has 2 rings (SSSR count). The second kappa shape index (κ2) is 43.0. The minimum atomic E-state index is -2.10. The number of aliphatic hydroxyl groups excluding tert-OH is 5. The molecule has 0 spiro atoms. The lowest BCUT2D eigenvalue weighted by atomic mass is 9.99. The third-order valence-corrected chi connectivity index (χ3v) is 14.7. The van der Waals surface area contributed by atoms with Crippen molar-refractivity contribution in [3.63, 3.8) is 0 Å². The molecule has 1 aromatic rings. The van der Waals surface area contributed by atoms with E-state index in [9.17, 15) is 88.2 Å². The number of aliphatic hydroxyl groups is 5. The molecular formula is C60H98N12O19. The van der Waals surface area contributed by atoms with Gasteiger partial charge in [0.05, 0.1) is 44.5 Å². The summed E-state index contributed by atoms with van der Waals surface area (Å²) in [7, 11) is 0. The van der Waals surface area contributed by atoms with Crippen molar-refractivity contribution in [3.8, 4) is 5.75 Å². The van der Waals surface area contributed by atoms with E-state index in [4.69, 9.17) is 10.5 Å². The van der Waals surface area contributed by atoms with Crippen LogP contribution in [0.5, 0.6) is 5.75 Å². The molecule has 11 atom stereocenters. The van der Waals surface area contributed by atoms with Gasteiger partial charge in [0.1, 0.15) is 60.3 Å². The lowest BCUT2D eigenvalue weighted by molar-refractivity contribution is -0.144. The molecule has 11 amide bonds. The molecule has 31 heteroatoms. The summed E-state index contributed by atoms with van der Waals surface area (Å²) in [5.41, 5.74) is 5.57. The van der Waals surface area contributed by atoms with Gasteiger partial charge in [-0.2, -0.15) is 0 Å². The Morgan fingerprint density at radius 3 is 1.84 bits per heavy atom. The number of carbonyl (C=O) groups excluding carboxylic acids is 12. The van der Waals surface area contributed by atoms with Crippen LogP contribution in [0.1, 0.15) is 155 Å². The molecule has 91 heavy (non-hydrogen) atoms. The minimum Gasteiger partial charge on any atom is -0.508 e. The van der Waals surface area contributed by atoms with Gasteiger partial charge < -0.3 is 99.6 Å². The summed E-state index contributed by atoms with van der Waals surface area (Å²) in [5.74, 6) is -13.4. The van der Waals surface area contributed by atoms with Crippen LogP contribution in [0, 0.1) is 5.92 Å². The van der Waals surface area contributed by atoms with Gasteiger partial charge >= 0.3 is 5.97 Å². The Kier molecular flexibility index (Phi) is 37.5. The van der Waals surface area contributed by atoms with E-state index < -0.39 is 195 Å². The first-order valence-electron chi connectivity index (χ1n) is 31.1. The van der Waals surface area contributed by atoms with E-state index >= 15 is 0 Å². The third-order valence-electron chi connectivity index (χ3n) is 14.7. The molecule has 1 aliphatic heterocycles. The van der Waals surface area contributed by atoms with Crippen LogP contribution in [-0.4, -0.2) is 202 Å². The lowest BCUT2D eigenvalue weighted by Crippen LogP contribution is -2.62. The Morgan fingerprint density at radius 1 is 0.692 bits per heavy atom. The highest BCUT2D eigenvalue weighted by Crippen LogP contribution is 2.21. The number of phenols is 1. The monoisotopic (exact) mass is 1290 g/mol. The predicted molar refractivity (Wildman–Crippen MR) is 328 cm³/mol. The van der Waals surface area contributed by atoms with E-state index in [-0.39, 0.29) is 30.7 Å². The number of nitrogens with one attached hydrogen (secondary N) is 11. The Morgan fingerprint density at radius 2 is 1.26 bits per heavy atom. The molecule has 0 saturated carbocycles. The molecule has 512 valence electrons. The van der Waals surface area contributed by atoms with Gasteiger partial charge in [0.15, 0.2) is 0 Å². The van der Waals surface area contributed by atoms with Crippen molar-refractivity contribution < 1.29 is 92.9 Å². The lowest BCUT2D eigenvalue weighted by Gasteiger charge is -2.29. The Balaban J connectivity index is 2.21. The van der Waals surface area contributed by atoms with Crippen molar-refractivity contribution in [1.82, 2.24) is 58.5 Å². The van der Waals surface area contributed by atoms with Crippen molar-refractivity contribution in [3.05, 3.63) is 42.1 Å². The summed E-state index contributed by atoms with van der Waals surface area (Å²) in [6.45, 7) is 6.96. The average molecular weight is 1290 g/mol. The van der Waals surface area contributed by atoms with Crippen LogP contribution in [0.25, 0.3) is 0 Å². The first-order valence-corrected chi connectivity index (χ1v) is 31.1. The highest BCUT2D eigenvalue weighted by Gasteiger charge is 2.38. The molecule has 1 heterocycles. The molecule has 0 aliphatic carbocycles. The van der Waals surface area contributed by atoms with Crippen LogP contribution in [0.3, 0.4) is 0 Å². The van der Waals surface area contributed by atoms with Crippen LogP contribution >= 0.6 is 0 Å². The number of cyclic esters (lactones) is 1. The molecular weight excluding hydrogens is 1190 g/mol. The number of unbranched alkanes of at least 4 members (excludes halogenated alkanes) is 12. The number of nitrogens with two attached hydrogens (primary N) is 1. The maximum atomic E-state index is 14.1. The number of aromatic hydroxyl groups is 1. The number of carbonyl (C=O) groups is 12. The number of phenolic OH excluding ortho intramolecular Hbond substituents is 1. The third kappa shape index (κ3) is 30.2. The van der Waals surface area contributed by atoms with E-state index in [0.29, 0.717) is 6.42 Å². The van der Waals surface area contributed by atoms with Gasteiger partial charge in [-0.05, 0) is 50.3 Å². The summed E-state index contributed by atoms with van der Waals surface area (Å²) >= 11 is 0. The fraction of sp³-hybridized carbons (Fsp3) is 0.667. The number of ether oxygens (including phenoxy) is 1. The fourth-order valence-corrected chi connectivity index (χ4v) is 9.22. The zero-order valence-corrected chi connectivity index (χ0v) is 52.8. The van der Waals surface area contributed by atoms with E-state index in [0.717, 1.165) is 51.2 Å². The topological polar surface area (TPSA) is 494 Å². The van der Waals surface area contributed by atoms with Crippen molar-refractivity contribution in [2.24, 2.45) is 11.7 Å². The number of hydrogen-bond donors (Lipinski definition) is 18. The Labute approximate surface area is 530 Å². The highest BCUT2D eigenvalue weighted by molar-refractivity contribution is 6.01. The quantitative estimate of drug-likeness (QED) is 0.0183. The first kappa shape index (κ1) is 79.3. The summed E-state index contributed by atoms with van der Waals surface area (Å²) in [5, 5.41) is 88.3. The van der Waals surface area contributed by atoms with Crippen LogP contribution < -0.4 is 64.2 Å². The maximum absolute atomic E-state index is 14.1. The molecule has 0 aromatic heterocycles. The number of amides is 11.